The van der Waals surface area contributed by atoms with Crippen LogP contribution in [0.2, 0.25) is 0 Å². The van der Waals surface area contributed by atoms with Gasteiger partial charge in [-0.25, -0.2) is 0 Å². The number of hydrogen-bond acceptors (Lipinski definition) is 1. The van der Waals surface area contributed by atoms with Crippen molar-refractivity contribution < 1.29 is 0 Å². The molecule has 2 saturated carbocycles. The minimum absolute atomic E-state index is 0.505. The molecule has 0 aromatic rings. The van der Waals surface area contributed by atoms with Crippen LogP contribution in [0.3, 0.4) is 0 Å². The standard InChI is InChI=1S/C17H33N/c1-12(2)9-13(3)11-18-15-16(4,5)14-7-8-17(15,6)10-14/h12-15,18H,7-11H2,1-6H3. The van der Waals surface area contributed by atoms with E-state index in [2.05, 4.69) is 46.9 Å². The Bertz CT molecular complexity index is 289. The van der Waals surface area contributed by atoms with Crippen LogP contribution in [0.25, 0.3) is 0 Å². The van der Waals surface area contributed by atoms with Crippen molar-refractivity contribution in [3.63, 3.8) is 0 Å². The molecule has 2 bridgehead atoms. The molecule has 18 heavy (non-hydrogen) atoms. The molecule has 0 radical (unpaired) electrons. The van der Waals surface area contributed by atoms with Crippen molar-refractivity contribution in [1.29, 1.82) is 0 Å². The molecule has 4 atom stereocenters. The summed E-state index contributed by atoms with van der Waals surface area (Å²) < 4.78 is 0. The van der Waals surface area contributed by atoms with E-state index in [-0.39, 0.29) is 0 Å². The molecule has 2 rings (SSSR count). The molecule has 2 fully saturated rings. The van der Waals surface area contributed by atoms with Gasteiger partial charge in [0.1, 0.15) is 0 Å². The van der Waals surface area contributed by atoms with Crippen LogP contribution in [0.5, 0.6) is 0 Å². The molecule has 0 aliphatic heterocycles. The summed E-state index contributed by atoms with van der Waals surface area (Å²) in [5.74, 6) is 2.59. The minimum atomic E-state index is 0.505. The number of nitrogens with one attached hydrogen (secondary N) is 1. The van der Waals surface area contributed by atoms with Gasteiger partial charge in [-0.1, -0.05) is 41.5 Å². The molecule has 0 amide bonds. The molecular formula is C17H33N. The summed E-state index contributed by atoms with van der Waals surface area (Å²) in [5.41, 5.74) is 1.08. The zero-order chi connectivity index (χ0) is 13.6. The van der Waals surface area contributed by atoms with E-state index in [9.17, 15) is 0 Å². The first kappa shape index (κ1) is 14.4. The number of fused-ring (bicyclic) bond motifs is 2. The molecule has 2 aliphatic rings. The predicted molar refractivity (Wildman–Crippen MR) is 79.6 cm³/mol. The lowest BCUT2D eigenvalue weighted by atomic mass is 9.68. The van der Waals surface area contributed by atoms with Crippen LogP contribution in [0.1, 0.15) is 67.2 Å². The maximum absolute atomic E-state index is 3.95. The molecule has 1 nitrogen and oxygen atoms in total. The zero-order valence-electron chi connectivity index (χ0n) is 13.3. The first-order chi connectivity index (χ1) is 8.25. The summed E-state index contributed by atoms with van der Waals surface area (Å²) in [6, 6.07) is 0.735. The van der Waals surface area contributed by atoms with E-state index in [0.717, 1.165) is 23.8 Å². The first-order valence-electron chi connectivity index (χ1n) is 7.99. The Hall–Kier alpha value is -0.0400. The third-order valence-corrected chi connectivity index (χ3v) is 5.81. The zero-order valence-corrected chi connectivity index (χ0v) is 13.3. The van der Waals surface area contributed by atoms with Gasteiger partial charge in [0.05, 0.1) is 0 Å². The second-order valence-electron chi connectivity index (χ2n) is 8.49. The van der Waals surface area contributed by atoms with E-state index in [1.165, 1.54) is 32.2 Å². The van der Waals surface area contributed by atoms with Crippen LogP contribution in [-0.2, 0) is 0 Å². The van der Waals surface area contributed by atoms with E-state index in [1.807, 2.05) is 0 Å². The molecule has 0 aromatic carbocycles. The topological polar surface area (TPSA) is 12.0 Å². The molecular weight excluding hydrogens is 218 g/mol. The van der Waals surface area contributed by atoms with E-state index in [1.54, 1.807) is 0 Å². The second-order valence-corrected chi connectivity index (χ2v) is 8.49. The summed E-state index contributed by atoms with van der Waals surface area (Å²) >= 11 is 0. The Morgan fingerprint density at radius 2 is 1.83 bits per heavy atom. The summed E-state index contributed by atoms with van der Waals surface area (Å²) in [7, 11) is 0. The van der Waals surface area contributed by atoms with Crippen molar-refractivity contribution in [2.24, 2.45) is 28.6 Å². The van der Waals surface area contributed by atoms with Crippen molar-refractivity contribution in [3.05, 3.63) is 0 Å². The molecule has 0 aromatic heterocycles. The Morgan fingerprint density at radius 1 is 1.17 bits per heavy atom. The van der Waals surface area contributed by atoms with Gasteiger partial charge in [0.2, 0.25) is 0 Å². The highest BCUT2D eigenvalue weighted by molar-refractivity contribution is 5.12. The fraction of sp³-hybridized carbons (Fsp3) is 1.00. The normalized spacial score (nSPS) is 39.5. The maximum Gasteiger partial charge on any atom is 0.0175 e. The highest BCUT2D eigenvalue weighted by Crippen LogP contribution is 2.62. The largest absolute Gasteiger partial charge is 0.313 e. The average molecular weight is 251 g/mol. The van der Waals surface area contributed by atoms with Crippen LogP contribution in [0.15, 0.2) is 0 Å². The minimum Gasteiger partial charge on any atom is -0.313 e. The van der Waals surface area contributed by atoms with Gasteiger partial charge in [0, 0.05) is 6.04 Å². The molecule has 1 N–H and O–H groups in total. The second kappa shape index (κ2) is 4.81. The van der Waals surface area contributed by atoms with Gasteiger partial charge in [-0.15, -0.1) is 0 Å². The lowest BCUT2D eigenvalue weighted by Gasteiger charge is -2.44. The lowest BCUT2D eigenvalue weighted by Crippen LogP contribution is -2.51. The van der Waals surface area contributed by atoms with Crippen molar-refractivity contribution in [3.8, 4) is 0 Å². The lowest BCUT2D eigenvalue weighted by molar-refractivity contribution is 0.105. The monoisotopic (exact) mass is 251 g/mol. The molecule has 1 heteroatoms. The van der Waals surface area contributed by atoms with Crippen LogP contribution in [-0.4, -0.2) is 12.6 Å². The Kier molecular flexibility index (Phi) is 3.84. The summed E-state index contributed by atoms with van der Waals surface area (Å²) in [6.07, 6.45) is 5.71. The molecule has 4 unspecified atom stereocenters. The average Bonchev–Trinajstić information content (AvgIpc) is 2.67. The summed E-state index contributed by atoms with van der Waals surface area (Å²) in [6.45, 7) is 15.8. The van der Waals surface area contributed by atoms with Gasteiger partial charge in [0.25, 0.3) is 0 Å². The van der Waals surface area contributed by atoms with E-state index >= 15 is 0 Å². The number of rotatable bonds is 5. The van der Waals surface area contributed by atoms with Crippen LogP contribution >= 0.6 is 0 Å². The Labute approximate surface area is 114 Å². The van der Waals surface area contributed by atoms with E-state index in [0.29, 0.717) is 10.8 Å². The van der Waals surface area contributed by atoms with Crippen molar-refractivity contribution >= 4 is 0 Å². The van der Waals surface area contributed by atoms with Gasteiger partial charge in [-0.2, -0.15) is 0 Å². The van der Waals surface area contributed by atoms with E-state index < -0.39 is 0 Å². The smallest absolute Gasteiger partial charge is 0.0175 e. The van der Waals surface area contributed by atoms with Gasteiger partial charge in [-0.05, 0) is 60.8 Å². The molecule has 0 heterocycles. The molecule has 0 spiro atoms. The van der Waals surface area contributed by atoms with Gasteiger partial charge >= 0.3 is 0 Å². The van der Waals surface area contributed by atoms with E-state index in [4.69, 9.17) is 0 Å². The SMILES string of the molecule is CC(C)CC(C)CNC1C2(C)CCC(C2)C1(C)C. The van der Waals surface area contributed by atoms with Crippen molar-refractivity contribution in [2.45, 2.75) is 73.3 Å². The summed E-state index contributed by atoms with van der Waals surface area (Å²) in [4.78, 5) is 0. The van der Waals surface area contributed by atoms with Crippen molar-refractivity contribution in [2.75, 3.05) is 6.54 Å². The van der Waals surface area contributed by atoms with Gasteiger partial charge < -0.3 is 5.32 Å². The molecule has 2 aliphatic carbocycles. The third kappa shape index (κ3) is 2.48. The number of hydrogen-bond donors (Lipinski definition) is 1. The Morgan fingerprint density at radius 3 is 2.33 bits per heavy atom. The van der Waals surface area contributed by atoms with Crippen LogP contribution in [0.4, 0.5) is 0 Å². The predicted octanol–water partition coefficient (Wildman–Crippen LogP) is 4.47. The van der Waals surface area contributed by atoms with Gasteiger partial charge in [-0.3, -0.25) is 0 Å². The fourth-order valence-electron chi connectivity index (χ4n) is 5.02. The Balaban J connectivity index is 1.93. The highest BCUT2D eigenvalue weighted by Gasteiger charge is 2.58. The molecule has 106 valence electrons. The van der Waals surface area contributed by atoms with Crippen LogP contribution < -0.4 is 5.32 Å². The summed E-state index contributed by atoms with van der Waals surface area (Å²) in [5, 5.41) is 3.95. The first-order valence-corrected chi connectivity index (χ1v) is 7.99. The van der Waals surface area contributed by atoms with Gasteiger partial charge in [0.15, 0.2) is 0 Å². The quantitative estimate of drug-likeness (QED) is 0.760. The highest BCUT2D eigenvalue weighted by atomic mass is 15.0. The fourth-order valence-corrected chi connectivity index (χ4v) is 5.02. The third-order valence-electron chi connectivity index (χ3n) is 5.81. The maximum atomic E-state index is 3.95. The van der Waals surface area contributed by atoms with Crippen molar-refractivity contribution in [1.82, 2.24) is 5.32 Å². The molecule has 0 saturated heterocycles. The van der Waals surface area contributed by atoms with Crippen LogP contribution in [0, 0.1) is 28.6 Å².